The third-order valence-electron chi connectivity index (χ3n) is 21.6. The van der Waals surface area contributed by atoms with Crippen molar-refractivity contribution >= 4 is 192 Å². The van der Waals surface area contributed by atoms with Gasteiger partial charge in [0.2, 0.25) is 106 Å². The number of fused-ring (bicyclic) bond motifs is 1. The molecule has 0 radical (unpaired) electrons. The Morgan fingerprint density at radius 3 is 1.14 bits per heavy atom. The van der Waals surface area contributed by atoms with Gasteiger partial charge in [-0.25, -0.2) is 4.98 Å². The largest absolute Gasteiger partial charge is 0.508 e. The lowest BCUT2D eigenvalue weighted by Crippen LogP contribution is -2.63. The second kappa shape index (κ2) is 64.0. The molecule has 0 aliphatic heterocycles. The number of thiol groups is 4. The molecule has 5 aromatic rings. The Kier molecular flexibility index (Phi) is 53.3. The van der Waals surface area contributed by atoms with Crippen molar-refractivity contribution in [2.75, 3.05) is 82.0 Å². The van der Waals surface area contributed by atoms with Crippen LogP contribution in [0.4, 0.5) is 0 Å². The van der Waals surface area contributed by atoms with Gasteiger partial charge in [0.15, 0.2) is 17.9 Å². The van der Waals surface area contributed by atoms with E-state index < -0.39 is 278 Å². The molecule has 59 heteroatoms. The number of phenols is 2. The van der Waals surface area contributed by atoms with Gasteiger partial charge < -0.3 is 170 Å². The van der Waals surface area contributed by atoms with E-state index in [4.69, 9.17) is 44.3 Å². The third-order valence-corrected chi connectivity index (χ3v) is 23.1. The van der Waals surface area contributed by atoms with E-state index in [2.05, 4.69) is 177 Å². The normalized spacial score (nSPS) is 14.0. The fourth-order valence-corrected chi connectivity index (χ4v) is 14.8. The summed E-state index contributed by atoms with van der Waals surface area (Å²) in [4.78, 5) is 272. The molecule has 0 fully saturated rings. The molecule has 0 aliphatic rings. The number of carboxylic acid groups (broad SMARTS) is 1. The third kappa shape index (κ3) is 45.1. The number of phenolic OH excluding ortho intramolecular Hbond substituents is 2. The van der Waals surface area contributed by atoms with Gasteiger partial charge in [-0.15, -0.1) is 0 Å². The van der Waals surface area contributed by atoms with Crippen molar-refractivity contribution in [2.24, 2.45) is 28.9 Å². The van der Waals surface area contributed by atoms with Gasteiger partial charge in [-0.1, -0.05) is 56.3 Å². The van der Waals surface area contributed by atoms with Gasteiger partial charge in [0.1, 0.15) is 96.6 Å². The number of hydrogen-bond donors (Lipinski definition) is 39. The zero-order valence-corrected chi connectivity index (χ0v) is 84.0. The van der Waals surface area contributed by atoms with E-state index in [0.717, 1.165) is 6.92 Å². The number of H-pyrrole nitrogens is 2. The first-order valence-electron chi connectivity index (χ1n) is 46.1. The molecule has 55 nitrogen and oxygen atoms in total. The number of imidazole rings is 1. The summed E-state index contributed by atoms with van der Waals surface area (Å²) in [5, 5.41) is 126. The molecule has 2 aromatic heterocycles. The number of aromatic hydroxyl groups is 2. The Balaban J connectivity index is 1.35. The van der Waals surface area contributed by atoms with Gasteiger partial charge in [-0.2, -0.15) is 50.5 Å². The van der Waals surface area contributed by atoms with Crippen molar-refractivity contribution in [2.45, 2.75) is 182 Å². The number of carboxylic acids is 1. The topological polar surface area (TPSA) is 898 Å². The fraction of sp³-hybridized carbons (Fsp3) is 0.489. The predicted octanol–water partition coefficient (Wildman–Crippen LogP) is -11.2. The maximum atomic E-state index is 15.1. The zero-order valence-electron chi connectivity index (χ0n) is 80.4. The summed E-state index contributed by atoms with van der Waals surface area (Å²) in [7, 11) is 0. The Hall–Kier alpha value is -15.0. The number of benzene rings is 3. The summed E-state index contributed by atoms with van der Waals surface area (Å²) in [6.07, 6.45) is 0.116. The minimum atomic E-state index is -2.03. The molecule has 15 atom stereocenters. The van der Waals surface area contributed by atoms with Gasteiger partial charge >= 0.3 is 5.97 Å². The fourth-order valence-electron chi connectivity index (χ4n) is 13.9. The second-order valence-corrected chi connectivity index (χ2v) is 35.3. The molecule has 0 saturated carbocycles. The van der Waals surface area contributed by atoms with Crippen LogP contribution in [-0.4, -0.2) is 343 Å². The predicted molar refractivity (Wildman–Crippen MR) is 545 cm³/mol. The molecule has 0 bridgehead atoms. The summed E-state index contributed by atoms with van der Waals surface area (Å²) in [6, 6.07) is -4.71. The highest BCUT2D eigenvalue weighted by Gasteiger charge is 2.40. The van der Waals surface area contributed by atoms with E-state index in [1.807, 2.05) is 0 Å². The number of guanidine groups is 3. The number of nitrogens with zero attached hydrogens (tertiary/aromatic N) is 1. The van der Waals surface area contributed by atoms with Crippen LogP contribution >= 0.6 is 50.5 Å². The Morgan fingerprint density at radius 1 is 0.381 bits per heavy atom. The average molecular weight is 2140 g/mol. The highest BCUT2D eigenvalue weighted by Crippen LogP contribution is 2.21. The molecule has 39 N–H and O–H groups in total. The van der Waals surface area contributed by atoms with Gasteiger partial charge in [0.25, 0.3) is 0 Å². The van der Waals surface area contributed by atoms with Crippen LogP contribution in [0.2, 0.25) is 0 Å². The number of carbonyl (C=O) groups is 19. The lowest BCUT2D eigenvalue weighted by molar-refractivity contribution is -0.138. The van der Waals surface area contributed by atoms with Crippen molar-refractivity contribution in [1.82, 2.24) is 127 Å². The first-order chi connectivity index (χ1) is 69.7. The van der Waals surface area contributed by atoms with Crippen LogP contribution in [0.1, 0.15) is 88.1 Å². The van der Waals surface area contributed by atoms with Crippen LogP contribution in [0, 0.1) is 22.1 Å². The van der Waals surface area contributed by atoms with Crippen molar-refractivity contribution in [3.63, 3.8) is 0 Å². The Morgan fingerprint density at radius 2 is 0.735 bits per heavy atom. The molecule has 0 spiro atoms. The molecule has 147 heavy (non-hydrogen) atoms. The van der Waals surface area contributed by atoms with E-state index in [1.165, 1.54) is 61.1 Å². The van der Waals surface area contributed by atoms with Crippen molar-refractivity contribution in [3.05, 3.63) is 114 Å². The number of rotatable bonds is 65. The van der Waals surface area contributed by atoms with Crippen LogP contribution in [0.25, 0.3) is 10.9 Å². The standard InChI is InChI=1S/C88H131N31O24S4/c1-43(2)25-57(78(136)109-56(13-8-24-99-88(94)95)77(135)118-65(41-147)84(142)119-71(44(3)121)85(143)115-62(37-120)83(141)113-59(27-46-16-20-50(123)21-17-46)80(138)110-55(12-7-23-98-87(92)93)76(134)116-64(40-146)74(132)105-36-70(128)129)112-75(133)54(11-6-22-97-86(90)91)111-82(140)61(29-48-31-96-42-106-48)114-81(139)60(28-47-30-100-53-10-5-4-9-51(47)53)108-69(127)35-102-67(125)33-104-73(131)63(39-145)117-79(137)58(26-45-14-18-49(122)19-15-45)107-68(126)34-101-66(124)32-103-72(130)52(89)38-144/h4-5,9-10,14-21,30-31,42-44,52,54-65,71,100,120-123,144-147H,6-8,11-13,22-29,32-41,89H2,1-3H3,(H,96,106)(H,101,124)(H,102,125)(H,103,130)(H,104,131)(H,105,132)(H,107,126)(H,108,127)(H,109,136)(H,110,138)(H,111,140)(H,112,133)(H,113,141)(H,114,139)(H,115,143)(H,116,134)(H,117,137)(H,118,135)(H,119,142)(H,128,129)(H4,90,91,97)(H4,92,93,98)(H4,94,95,99)/t44-,52+,54+,55+,56+,57+,58+,59+,60+,61+,62+,63+,64+,65+,71+/m1/s1. The number of aromatic amines is 2. The van der Waals surface area contributed by atoms with Crippen LogP contribution in [0.5, 0.6) is 11.5 Å². The Labute approximate surface area is 864 Å². The highest BCUT2D eigenvalue weighted by molar-refractivity contribution is 7.80. The summed E-state index contributed by atoms with van der Waals surface area (Å²) in [6.45, 7) is -0.636. The van der Waals surface area contributed by atoms with Crippen LogP contribution < -0.4 is 135 Å². The van der Waals surface area contributed by atoms with Crippen molar-refractivity contribution < 1.29 is 117 Å². The number of aliphatic hydroxyl groups excluding tert-OH is 2. The number of aliphatic carboxylic acids is 1. The van der Waals surface area contributed by atoms with E-state index in [1.54, 1.807) is 44.3 Å². The molecule has 806 valence electrons. The summed E-state index contributed by atoms with van der Waals surface area (Å²) >= 11 is 16.5. The van der Waals surface area contributed by atoms with E-state index >= 15 is 14.4 Å². The lowest BCUT2D eigenvalue weighted by atomic mass is 10.0. The zero-order chi connectivity index (χ0) is 109. The number of amides is 18. The molecule has 0 saturated heterocycles. The van der Waals surface area contributed by atoms with Crippen molar-refractivity contribution in [1.29, 1.82) is 16.2 Å². The van der Waals surface area contributed by atoms with Crippen LogP contribution in [0.15, 0.2) is 91.5 Å². The maximum Gasteiger partial charge on any atom is 0.322 e. The number of nitrogens with two attached hydrogens (primary N) is 4. The molecule has 0 aliphatic carbocycles. The van der Waals surface area contributed by atoms with Crippen LogP contribution in [0.3, 0.4) is 0 Å². The minimum Gasteiger partial charge on any atom is -0.508 e. The molecule has 18 amide bonds. The van der Waals surface area contributed by atoms with E-state index in [9.17, 15) is 97.1 Å². The van der Waals surface area contributed by atoms with Crippen molar-refractivity contribution in [3.8, 4) is 11.5 Å². The summed E-state index contributed by atoms with van der Waals surface area (Å²) < 4.78 is 0. The molecule has 3 aromatic carbocycles. The smallest absolute Gasteiger partial charge is 0.322 e. The van der Waals surface area contributed by atoms with Gasteiger partial charge in [0, 0.05) is 97.3 Å². The molecule has 5 rings (SSSR count). The number of aliphatic hydroxyl groups is 2. The number of carbonyl (C=O) groups excluding carboxylic acids is 18. The molecular weight excluding hydrogens is 2000 g/mol. The first kappa shape index (κ1) is 123. The monoisotopic (exact) mass is 2130 g/mol. The second-order valence-electron chi connectivity index (χ2n) is 33.9. The molecule has 2 heterocycles. The van der Waals surface area contributed by atoms with Crippen LogP contribution in [-0.2, 0) is 117 Å². The average Bonchev–Trinajstić information content (AvgIpc) is 1.20. The molecular formula is C88H131N31O24S4. The van der Waals surface area contributed by atoms with E-state index in [0.29, 0.717) is 27.6 Å². The lowest BCUT2D eigenvalue weighted by Gasteiger charge is -2.29. The minimum absolute atomic E-state index is 0.00890. The number of para-hydroxylation sites is 1. The highest BCUT2D eigenvalue weighted by atomic mass is 32.1. The van der Waals surface area contributed by atoms with E-state index in [-0.39, 0.29) is 118 Å². The Bertz CT molecular complexity index is 5340. The molecule has 0 unspecified atom stereocenters. The SMILES string of the molecule is CC(C)C[C@H](NC(=O)[C@H](CCCNC(=N)N)NC(=O)[C@H](Cc1cnc[nH]1)NC(=O)[C@H](Cc1c[nH]c2ccccc12)NC(=O)CNC(=O)CNC(=O)[C@H](CS)NC(=O)[C@H](Cc1ccc(O)cc1)NC(=O)CNC(=O)CNC(=O)[C@@H](N)CS)C(=O)N[C@@H](CCCNC(=N)N)C(=O)N[C@@H](CS)C(=O)N[C@H](C(=O)N[C@@H](CO)C(=O)N[C@@H](Cc1ccc(O)cc1)C(=O)N[C@@H](CCCNC(=N)N)C(=O)N[C@@H](CS)C(=O)NCC(=O)O)[C@@H](C)O. The summed E-state index contributed by atoms with van der Waals surface area (Å²) in [5.41, 5.74) is 24.3. The first-order valence-corrected chi connectivity index (χ1v) is 48.6. The number of hydrogen-bond acceptors (Lipinski definition) is 32. The maximum absolute atomic E-state index is 15.1. The number of nitrogens with one attached hydrogen (secondary N) is 26. The summed E-state index contributed by atoms with van der Waals surface area (Å²) in [5.74, 6) is -23.0. The quantitative estimate of drug-likeness (QED) is 0.00744. The number of aromatic nitrogens is 3. The van der Waals surface area contributed by atoms with Gasteiger partial charge in [-0.3, -0.25) is 107 Å². The van der Waals surface area contributed by atoms with Gasteiger partial charge in [-0.05, 0) is 105 Å². The van der Waals surface area contributed by atoms with Gasteiger partial charge in [0.05, 0.1) is 51.3 Å².